The molecule has 0 fully saturated rings. The molecule has 0 saturated carbocycles. The molecular formula is C12H22N2OS. The molecular weight excluding hydrogens is 220 g/mol. The highest BCUT2D eigenvalue weighted by Gasteiger charge is 2.12. The molecule has 0 aliphatic heterocycles. The molecule has 16 heavy (non-hydrogen) atoms. The molecule has 92 valence electrons. The van der Waals surface area contributed by atoms with Crippen LogP contribution in [0, 0.1) is 0 Å². The highest BCUT2D eigenvalue weighted by atomic mass is 32.1. The van der Waals surface area contributed by atoms with Crippen molar-refractivity contribution >= 4 is 11.3 Å². The average Bonchev–Trinajstić information content (AvgIpc) is 2.69. The SMILES string of the molecule is CCC(NCCOC(C)(C)C)c1nccs1. The van der Waals surface area contributed by atoms with E-state index >= 15 is 0 Å². The van der Waals surface area contributed by atoms with Crippen molar-refractivity contribution in [3.8, 4) is 0 Å². The fourth-order valence-electron chi connectivity index (χ4n) is 1.40. The summed E-state index contributed by atoms with van der Waals surface area (Å²) in [6, 6.07) is 0.364. The van der Waals surface area contributed by atoms with Crippen LogP contribution < -0.4 is 5.32 Å². The Hall–Kier alpha value is -0.450. The second-order valence-corrected chi connectivity index (χ2v) is 5.67. The number of aromatic nitrogens is 1. The lowest BCUT2D eigenvalue weighted by molar-refractivity contribution is -0.00167. The zero-order chi connectivity index (χ0) is 12.0. The number of hydrogen-bond acceptors (Lipinski definition) is 4. The minimum atomic E-state index is -0.0510. The van der Waals surface area contributed by atoms with Crippen molar-refractivity contribution in [3.05, 3.63) is 16.6 Å². The van der Waals surface area contributed by atoms with Gasteiger partial charge < -0.3 is 10.1 Å². The van der Waals surface area contributed by atoms with Crippen LogP contribution in [0.5, 0.6) is 0 Å². The maximum atomic E-state index is 5.66. The Morgan fingerprint density at radius 2 is 2.25 bits per heavy atom. The van der Waals surface area contributed by atoms with Crippen molar-refractivity contribution in [3.63, 3.8) is 0 Å². The molecule has 1 unspecified atom stereocenters. The van der Waals surface area contributed by atoms with Crippen LogP contribution in [-0.4, -0.2) is 23.7 Å². The molecule has 0 saturated heterocycles. The molecule has 3 nitrogen and oxygen atoms in total. The summed E-state index contributed by atoms with van der Waals surface area (Å²) in [5.41, 5.74) is -0.0510. The van der Waals surface area contributed by atoms with E-state index in [1.165, 1.54) is 5.01 Å². The average molecular weight is 242 g/mol. The number of thiazole rings is 1. The van der Waals surface area contributed by atoms with E-state index in [0.717, 1.165) is 19.6 Å². The number of ether oxygens (including phenoxy) is 1. The van der Waals surface area contributed by atoms with E-state index in [2.05, 4.69) is 38.0 Å². The Morgan fingerprint density at radius 3 is 2.75 bits per heavy atom. The van der Waals surface area contributed by atoms with Gasteiger partial charge in [0, 0.05) is 18.1 Å². The second-order valence-electron chi connectivity index (χ2n) is 4.75. The van der Waals surface area contributed by atoms with Crippen molar-refractivity contribution in [2.75, 3.05) is 13.2 Å². The highest BCUT2D eigenvalue weighted by Crippen LogP contribution is 2.18. The van der Waals surface area contributed by atoms with Gasteiger partial charge in [-0.1, -0.05) is 6.92 Å². The Bertz CT molecular complexity index is 280. The zero-order valence-electron chi connectivity index (χ0n) is 10.6. The summed E-state index contributed by atoms with van der Waals surface area (Å²) in [6.45, 7) is 10.0. The first-order chi connectivity index (χ1) is 7.53. The van der Waals surface area contributed by atoms with Crippen LogP contribution in [0.15, 0.2) is 11.6 Å². The Balaban J connectivity index is 2.25. The quantitative estimate of drug-likeness (QED) is 0.779. The lowest BCUT2D eigenvalue weighted by Gasteiger charge is -2.21. The van der Waals surface area contributed by atoms with Crippen molar-refractivity contribution in [1.82, 2.24) is 10.3 Å². The molecule has 0 amide bonds. The molecule has 0 bridgehead atoms. The summed E-state index contributed by atoms with van der Waals surface area (Å²) < 4.78 is 5.66. The van der Waals surface area contributed by atoms with Crippen LogP contribution in [0.1, 0.15) is 45.2 Å². The van der Waals surface area contributed by atoms with Crippen LogP contribution in [0.3, 0.4) is 0 Å². The van der Waals surface area contributed by atoms with Crippen LogP contribution in [0.4, 0.5) is 0 Å². The van der Waals surface area contributed by atoms with Crippen molar-refractivity contribution in [2.24, 2.45) is 0 Å². The molecule has 1 atom stereocenters. The Morgan fingerprint density at radius 1 is 1.50 bits per heavy atom. The number of nitrogens with one attached hydrogen (secondary N) is 1. The van der Waals surface area contributed by atoms with Gasteiger partial charge in [0.2, 0.25) is 0 Å². The van der Waals surface area contributed by atoms with Gasteiger partial charge in [-0.05, 0) is 27.2 Å². The highest BCUT2D eigenvalue weighted by molar-refractivity contribution is 7.09. The first kappa shape index (κ1) is 13.6. The van der Waals surface area contributed by atoms with Gasteiger partial charge in [-0.2, -0.15) is 0 Å². The van der Waals surface area contributed by atoms with E-state index in [4.69, 9.17) is 4.74 Å². The zero-order valence-corrected chi connectivity index (χ0v) is 11.4. The van der Waals surface area contributed by atoms with Crippen molar-refractivity contribution < 1.29 is 4.74 Å². The fraction of sp³-hybridized carbons (Fsp3) is 0.750. The van der Waals surface area contributed by atoms with Gasteiger partial charge in [0.15, 0.2) is 0 Å². The predicted molar refractivity (Wildman–Crippen MR) is 68.9 cm³/mol. The summed E-state index contributed by atoms with van der Waals surface area (Å²) in [5, 5.41) is 6.65. The van der Waals surface area contributed by atoms with Crippen LogP contribution in [0.25, 0.3) is 0 Å². The number of rotatable bonds is 6. The summed E-state index contributed by atoms with van der Waals surface area (Å²) in [6.07, 6.45) is 2.92. The van der Waals surface area contributed by atoms with Crippen molar-refractivity contribution in [2.45, 2.75) is 45.8 Å². The van der Waals surface area contributed by atoms with E-state index in [1.54, 1.807) is 11.3 Å². The molecule has 1 N–H and O–H groups in total. The predicted octanol–water partition coefficient (Wildman–Crippen LogP) is 3.00. The van der Waals surface area contributed by atoms with Gasteiger partial charge in [0.25, 0.3) is 0 Å². The van der Waals surface area contributed by atoms with E-state index in [9.17, 15) is 0 Å². The maximum absolute atomic E-state index is 5.66. The van der Waals surface area contributed by atoms with Gasteiger partial charge in [-0.15, -0.1) is 11.3 Å². The third-order valence-electron chi connectivity index (χ3n) is 2.19. The van der Waals surface area contributed by atoms with Crippen LogP contribution in [0.2, 0.25) is 0 Å². The summed E-state index contributed by atoms with van der Waals surface area (Å²) in [5.74, 6) is 0. The number of nitrogens with zero attached hydrogens (tertiary/aromatic N) is 1. The lowest BCUT2D eigenvalue weighted by atomic mass is 10.2. The van der Waals surface area contributed by atoms with Gasteiger partial charge in [0.1, 0.15) is 5.01 Å². The molecule has 4 heteroatoms. The normalized spacial score (nSPS) is 14.0. The van der Waals surface area contributed by atoms with Crippen molar-refractivity contribution in [1.29, 1.82) is 0 Å². The fourth-order valence-corrected chi connectivity index (χ4v) is 2.20. The topological polar surface area (TPSA) is 34.1 Å². The monoisotopic (exact) mass is 242 g/mol. The smallest absolute Gasteiger partial charge is 0.109 e. The molecule has 1 rings (SSSR count). The second kappa shape index (κ2) is 6.33. The third kappa shape index (κ3) is 5.05. The lowest BCUT2D eigenvalue weighted by Crippen LogP contribution is -2.29. The van der Waals surface area contributed by atoms with E-state index in [0.29, 0.717) is 6.04 Å². The first-order valence-corrected chi connectivity index (χ1v) is 6.67. The molecule has 1 aromatic rings. The maximum Gasteiger partial charge on any atom is 0.109 e. The minimum absolute atomic E-state index is 0.0510. The summed E-state index contributed by atoms with van der Waals surface area (Å²) in [7, 11) is 0. The molecule has 0 aliphatic rings. The molecule has 1 heterocycles. The Kier molecular flexibility index (Phi) is 5.38. The minimum Gasteiger partial charge on any atom is -0.375 e. The van der Waals surface area contributed by atoms with E-state index < -0.39 is 0 Å². The molecule has 0 radical (unpaired) electrons. The Labute approximate surface area is 102 Å². The van der Waals surface area contributed by atoms with Gasteiger partial charge in [0.05, 0.1) is 18.2 Å². The largest absolute Gasteiger partial charge is 0.375 e. The molecule has 0 aliphatic carbocycles. The molecule has 1 aromatic heterocycles. The van der Waals surface area contributed by atoms with Gasteiger partial charge >= 0.3 is 0 Å². The first-order valence-electron chi connectivity index (χ1n) is 5.79. The molecule has 0 aromatic carbocycles. The van der Waals surface area contributed by atoms with Gasteiger partial charge in [-0.25, -0.2) is 4.98 Å². The summed E-state index contributed by atoms with van der Waals surface area (Å²) >= 11 is 1.70. The van der Waals surface area contributed by atoms with Gasteiger partial charge in [-0.3, -0.25) is 0 Å². The molecule has 0 spiro atoms. The van der Waals surface area contributed by atoms with Crippen LogP contribution in [-0.2, 0) is 4.74 Å². The van der Waals surface area contributed by atoms with Crippen LogP contribution >= 0.6 is 11.3 Å². The third-order valence-corrected chi connectivity index (χ3v) is 3.07. The summed E-state index contributed by atoms with van der Waals surface area (Å²) in [4.78, 5) is 4.33. The standard InChI is InChI=1S/C12H22N2OS/c1-5-10(11-14-7-9-16-11)13-6-8-15-12(2,3)4/h7,9-10,13H,5-6,8H2,1-4H3. The van der Waals surface area contributed by atoms with E-state index in [1.807, 2.05) is 11.6 Å². The number of hydrogen-bond donors (Lipinski definition) is 1. The van der Waals surface area contributed by atoms with E-state index in [-0.39, 0.29) is 5.60 Å².